The van der Waals surface area contributed by atoms with E-state index in [-0.39, 0.29) is 0 Å². The molecule has 0 saturated carbocycles. The van der Waals surface area contributed by atoms with Crippen LogP contribution in [-0.2, 0) is 6.54 Å². The van der Waals surface area contributed by atoms with Crippen molar-refractivity contribution in [1.82, 2.24) is 20.0 Å². The van der Waals surface area contributed by atoms with Gasteiger partial charge in [-0.2, -0.15) is 5.10 Å². The lowest BCUT2D eigenvalue weighted by atomic mass is 9.93. The monoisotopic (exact) mass is 328 g/mol. The van der Waals surface area contributed by atoms with E-state index in [0.29, 0.717) is 6.54 Å². The van der Waals surface area contributed by atoms with E-state index in [2.05, 4.69) is 41.4 Å². The van der Waals surface area contributed by atoms with Gasteiger partial charge in [-0.05, 0) is 52.4 Å². The number of β-amino-alcohol motifs (C(OH)–C–C–N with tert-alkyl or cyclic N) is 1. The molecule has 24 heavy (non-hydrogen) atoms. The molecule has 1 fully saturated rings. The van der Waals surface area contributed by atoms with Crippen molar-refractivity contribution in [3.63, 3.8) is 0 Å². The van der Waals surface area contributed by atoms with Gasteiger partial charge < -0.3 is 15.3 Å². The van der Waals surface area contributed by atoms with Crippen molar-refractivity contribution >= 4 is 0 Å². The average molecular weight is 328 g/mol. The molecule has 130 valence electrons. The van der Waals surface area contributed by atoms with Crippen molar-refractivity contribution in [2.45, 2.75) is 38.8 Å². The SMILES string of the molecule is Cc1nn(-c2ccccc2)c(C)c1CNCC1(O)CCCN(C)C1. The van der Waals surface area contributed by atoms with Crippen LogP contribution in [0.3, 0.4) is 0 Å². The van der Waals surface area contributed by atoms with E-state index in [4.69, 9.17) is 0 Å². The number of hydrogen-bond donors (Lipinski definition) is 2. The first-order valence-electron chi connectivity index (χ1n) is 8.71. The molecule has 2 N–H and O–H groups in total. The molecule has 1 aromatic heterocycles. The van der Waals surface area contributed by atoms with E-state index in [1.54, 1.807) is 0 Å². The second-order valence-corrected chi connectivity index (χ2v) is 7.07. The number of piperidine rings is 1. The third kappa shape index (κ3) is 3.69. The third-order valence-corrected chi connectivity index (χ3v) is 4.94. The van der Waals surface area contributed by atoms with Gasteiger partial charge in [-0.1, -0.05) is 18.2 Å². The summed E-state index contributed by atoms with van der Waals surface area (Å²) in [5.74, 6) is 0. The van der Waals surface area contributed by atoms with Crippen LogP contribution in [0, 0.1) is 13.8 Å². The molecule has 1 unspecified atom stereocenters. The number of aliphatic hydroxyl groups is 1. The Morgan fingerprint density at radius 3 is 2.71 bits per heavy atom. The summed E-state index contributed by atoms with van der Waals surface area (Å²) < 4.78 is 2.00. The zero-order valence-corrected chi connectivity index (χ0v) is 14.9. The molecule has 0 spiro atoms. The number of benzene rings is 1. The standard InChI is InChI=1S/C19H28N4O/c1-15-18(12-20-13-19(24)10-7-11-22(3)14-19)16(2)23(21-15)17-8-5-4-6-9-17/h4-6,8-9,20,24H,7,10-14H2,1-3H3. The number of nitrogens with one attached hydrogen (secondary N) is 1. The molecule has 1 atom stereocenters. The largest absolute Gasteiger partial charge is 0.387 e. The quantitative estimate of drug-likeness (QED) is 0.882. The first-order chi connectivity index (χ1) is 11.5. The van der Waals surface area contributed by atoms with Crippen LogP contribution in [0.5, 0.6) is 0 Å². The Bertz CT molecular complexity index is 682. The van der Waals surface area contributed by atoms with Gasteiger partial charge in [-0.15, -0.1) is 0 Å². The normalized spacial score (nSPS) is 22.0. The molecule has 0 bridgehead atoms. The number of rotatable bonds is 5. The van der Waals surface area contributed by atoms with Crippen LogP contribution < -0.4 is 5.32 Å². The fraction of sp³-hybridized carbons (Fsp3) is 0.526. The van der Waals surface area contributed by atoms with Crippen LogP contribution in [0.4, 0.5) is 0 Å². The Balaban J connectivity index is 1.67. The first-order valence-corrected chi connectivity index (χ1v) is 8.71. The van der Waals surface area contributed by atoms with E-state index in [0.717, 1.165) is 49.6 Å². The third-order valence-electron chi connectivity index (χ3n) is 4.94. The van der Waals surface area contributed by atoms with Crippen LogP contribution in [0.1, 0.15) is 29.8 Å². The summed E-state index contributed by atoms with van der Waals surface area (Å²) in [7, 11) is 2.07. The highest BCUT2D eigenvalue weighted by atomic mass is 16.3. The van der Waals surface area contributed by atoms with Gasteiger partial charge >= 0.3 is 0 Å². The fourth-order valence-electron chi connectivity index (χ4n) is 3.65. The number of nitrogens with zero attached hydrogens (tertiary/aromatic N) is 3. The van der Waals surface area contributed by atoms with Crippen LogP contribution in [0.2, 0.25) is 0 Å². The van der Waals surface area contributed by atoms with Gasteiger partial charge in [0.05, 0.1) is 17.0 Å². The molecule has 1 saturated heterocycles. The lowest BCUT2D eigenvalue weighted by Gasteiger charge is -2.37. The van der Waals surface area contributed by atoms with Crippen molar-refractivity contribution in [1.29, 1.82) is 0 Å². The molecule has 5 nitrogen and oxygen atoms in total. The number of para-hydroxylation sites is 1. The molecule has 2 aromatic rings. The second kappa shape index (κ2) is 7.05. The second-order valence-electron chi connectivity index (χ2n) is 7.07. The molecule has 1 aromatic carbocycles. The molecule has 0 radical (unpaired) electrons. The minimum absolute atomic E-state index is 0.618. The molecular formula is C19H28N4O. The molecule has 1 aliphatic rings. The predicted molar refractivity (Wildman–Crippen MR) is 96.4 cm³/mol. The van der Waals surface area contributed by atoms with Crippen LogP contribution >= 0.6 is 0 Å². The van der Waals surface area contributed by atoms with Gasteiger partial charge in [-0.25, -0.2) is 4.68 Å². The molecule has 0 aliphatic carbocycles. The van der Waals surface area contributed by atoms with E-state index in [9.17, 15) is 5.11 Å². The molecule has 3 rings (SSSR count). The van der Waals surface area contributed by atoms with E-state index in [1.165, 1.54) is 5.56 Å². The van der Waals surface area contributed by atoms with Crippen LogP contribution in [0.25, 0.3) is 5.69 Å². The summed E-state index contributed by atoms with van der Waals surface area (Å²) in [6.07, 6.45) is 1.92. The van der Waals surface area contributed by atoms with Gasteiger partial charge in [0.15, 0.2) is 0 Å². The van der Waals surface area contributed by atoms with Crippen LogP contribution in [0.15, 0.2) is 30.3 Å². The maximum absolute atomic E-state index is 10.7. The van der Waals surface area contributed by atoms with Crippen LogP contribution in [-0.4, -0.2) is 52.1 Å². The van der Waals surface area contributed by atoms with E-state index >= 15 is 0 Å². The summed E-state index contributed by atoms with van der Waals surface area (Å²) in [6.45, 7) is 7.31. The summed E-state index contributed by atoms with van der Waals surface area (Å²) in [5, 5.41) is 18.8. The number of likely N-dealkylation sites (N-methyl/N-ethyl adjacent to an activating group) is 1. The zero-order valence-electron chi connectivity index (χ0n) is 14.9. The molecule has 0 amide bonds. The Kier molecular flexibility index (Phi) is 5.04. The highest BCUT2D eigenvalue weighted by molar-refractivity contribution is 5.36. The highest BCUT2D eigenvalue weighted by Crippen LogP contribution is 2.21. The maximum atomic E-state index is 10.7. The molecular weight excluding hydrogens is 300 g/mol. The lowest BCUT2D eigenvalue weighted by molar-refractivity contribution is -0.0218. The summed E-state index contributed by atoms with van der Waals surface area (Å²) in [5.41, 5.74) is 3.86. The Labute approximate surface area is 144 Å². The minimum Gasteiger partial charge on any atom is -0.387 e. The Morgan fingerprint density at radius 1 is 1.25 bits per heavy atom. The van der Waals surface area contributed by atoms with Gasteiger partial charge in [0.25, 0.3) is 0 Å². The Morgan fingerprint density at radius 2 is 2.00 bits per heavy atom. The smallest absolute Gasteiger partial charge is 0.0898 e. The van der Waals surface area contributed by atoms with Crippen molar-refractivity contribution in [2.24, 2.45) is 0 Å². The first kappa shape index (κ1) is 17.1. The van der Waals surface area contributed by atoms with Crippen molar-refractivity contribution < 1.29 is 5.11 Å². The number of aromatic nitrogens is 2. The fourth-order valence-corrected chi connectivity index (χ4v) is 3.65. The summed E-state index contributed by atoms with van der Waals surface area (Å²) in [6, 6.07) is 10.2. The summed E-state index contributed by atoms with van der Waals surface area (Å²) >= 11 is 0. The number of hydrogen-bond acceptors (Lipinski definition) is 4. The van der Waals surface area contributed by atoms with E-state index in [1.807, 2.05) is 29.8 Å². The average Bonchev–Trinajstić information content (AvgIpc) is 2.83. The highest BCUT2D eigenvalue weighted by Gasteiger charge is 2.31. The van der Waals surface area contributed by atoms with Gasteiger partial charge in [0.1, 0.15) is 0 Å². The molecule has 1 aliphatic heterocycles. The van der Waals surface area contributed by atoms with Crippen molar-refractivity contribution in [3.05, 3.63) is 47.3 Å². The summed E-state index contributed by atoms with van der Waals surface area (Å²) in [4.78, 5) is 2.20. The van der Waals surface area contributed by atoms with Crippen molar-refractivity contribution in [2.75, 3.05) is 26.7 Å². The van der Waals surface area contributed by atoms with Crippen molar-refractivity contribution in [3.8, 4) is 5.69 Å². The minimum atomic E-state index is -0.621. The Hall–Kier alpha value is -1.69. The van der Waals surface area contributed by atoms with Gasteiger partial charge in [0.2, 0.25) is 0 Å². The number of likely N-dealkylation sites (tertiary alicyclic amines) is 1. The zero-order chi connectivity index (χ0) is 17.2. The maximum Gasteiger partial charge on any atom is 0.0898 e. The molecule has 5 heteroatoms. The predicted octanol–water partition coefficient (Wildman–Crippen LogP) is 2.04. The van der Waals surface area contributed by atoms with Gasteiger partial charge in [-0.3, -0.25) is 0 Å². The lowest BCUT2D eigenvalue weighted by Crippen LogP contribution is -2.52. The van der Waals surface area contributed by atoms with Gasteiger partial charge in [0, 0.05) is 30.9 Å². The molecule has 2 heterocycles. The topological polar surface area (TPSA) is 53.3 Å². The number of aryl methyl sites for hydroxylation is 1. The van der Waals surface area contributed by atoms with E-state index < -0.39 is 5.60 Å².